The molecule has 0 spiro atoms. The molecule has 1 aliphatic heterocycles. The Balaban J connectivity index is 1.81. The first-order valence-electron chi connectivity index (χ1n) is 8.18. The molecule has 3 rings (SSSR count). The lowest BCUT2D eigenvalue weighted by Gasteiger charge is -2.36. The minimum absolute atomic E-state index is 0.550. The maximum Gasteiger partial charge on any atom is 0.186 e. The van der Waals surface area contributed by atoms with Gasteiger partial charge in [-0.05, 0) is 51.5 Å². The van der Waals surface area contributed by atoms with E-state index >= 15 is 0 Å². The Morgan fingerprint density at radius 2 is 2.20 bits per heavy atom. The molecule has 20 heavy (non-hydrogen) atoms. The zero-order chi connectivity index (χ0) is 14.1. The predicted molar refractivity (Wildman–Crippen MR) is 86.7 cm³/mol. The Morgan fingerprint density at radius 3 is 2.95 bits per heavy atom. The highest BCUT2D eigenvalue weighted by Crippen LogP contribution is 2.39. The SMILES string of the molecule is CCNC1CCCc2nc(N3CCC(C)CC3C)sc21. The summed E-state index contributed by atoms with van der Waals surface area (Å²) < 4.78 is 0. The van der Waals surface area contributed by atoms with Crippen molar-refractivity contribution in [1.29, 1.82) is 0 Å². The molecule has 2 heterocycles. The summed E-state index contributed by atoms with van der Waals surface area (Å²) in [4.78, 5) is 9.05. The van der Waals surface area contributed by atoms with Crippen molar-refractivity contribution in [3.05, 3.63) is 10.6 Å². The number of piperidine rings is 1. The predicted octanol–water partition coefficient (Wildman–Crippen LogP) is 3.75. The second-order valence-electron chi connectivity index (χ2n) is 6.48. The van der Waals surface area contributed by atoms with E-state index in [1.807, 2.05) is 11.3 Å². The van der Waals surface area contributed by atoms with Gasteiger partial charge in [-0.3, -0.25) is 0 Å². The lowest BCUT2D eigenvalue weighted by atomic mass is 9.94. The fourth-order valence-corrected chi connectivity index (χ4v) is 5.01. The number of rotatable bonds is 3. The van der Waals surface area contributed by atoms with Gasteiger partial charge in [0.25, 0.3) is 0 Å². The molecule has 3 unspecified atom stereocenters. The van der Waals surface area contributed by atoms with Gasteiger partial charge in [0.05, 0.1) is 5.69 Å². The Kier molecular flexibility index (Phi) is 4.32. The minimum atomic E-state index is 0.550. The fraction of sp³-hybridized carbons (Fsp3) is 0.812. The summed E-state index contributed by atoms with van der Waals surface area (Å²) in [5, 5.41) is 4.90. The van der Waals surface area contributed by atoms with Crippen molar-refractivity contribution in [2.24, 2.45) is 5.92 Å². The monoisotopic (exact) mass is 293 g/mol. The van der Waals surface area contributed by atoms with Crippen LogP contribution in [-0.2, 0) is 6.42 Å². The Labute approximate surface area is 126 Å². The molecule has 1 aromatic heterocycles. The van der Waals surface area contributed by atoms with E-state index in [0.717, 1.165) is 12.5 Å². The molecule has 0 bridgehead atoms. The van der Waals surface area contributed by atoms with Gasteiger partial charge in [0.15, 0.2) is 5.13 Å². The number of hydrogen-bond acceptors (Lipinski definition) is 4. The third-order valence-electron chi connectivity index (χ3n) is 4.77. The normalized spacial score (nSPS) is 30.4. The number of nitrogens with one attached hydrogen (secondary N) is 1. The lowest BCUT2D eigenvalue weighted by molar-refractivity contribution is 0.377. The molecule has 0 aromatic carbocycles. The average molecular weight is 293 g/mol. The van der Waals surface area contributed by atoms with Gasteiger partial charge < -0.3 is 10.2 Å². The number of fused-ring (bicyclic) bond motifs is 1. The van der Waals surface area contributed by atoms with Crippen LogP contribution in [0.4, 0.5) is 5.13 Å². The van der Waals surface area contributed by atoms with E-state index in [4.69, 9.17) is 4.98 Å². The first kappa shape index (κ1) is 14.3. The quantitative estimate of drug-likeness (QED) is 0.920. The van der Waals surface area contributed by atoms with Crippen molar-refractivity contribution in [3.63, 3.8) is 0 Å². The highest BCUT2D eigenvalue weighted by atomic mass is 32.1. The smallest absolute Gasteiger partial charge is 0.186 e. The van der Waals surface area contributed by atoms with Crippen molar-refractivity contribution < 1.29 is 0 Å². The van der Waals surface area contributed by atoms with Gasteiger partial charge in [-0.15, -0.1) is 0 Å². The van der Waals surface area contributed by atoms with E-state index in [9.17, 15) is 0 Å². The Bertz CT molecular complexity index is 457. The van der Waals surface area contributed by atoms with Crippen LogP contribution < -0.4 is 10.2 Å². The first-order chi connectivity index (χ1) is 9.69. The van der Waals surface area contributed by atoms with Gasteiger partial charge >= 0.3 is 0 Å². The van der Waals surface area contributed by atoms with E-state index in [2.05, 4.69) is 31.0 Å². The van der Waals surface area contributed by atoms with E-state index < -0.39 is 0 Å². The number of anilines is 1. The van der Waals surface area contributed by atoms with Crippen LogP contribution in [0.25, 0.3) is 0 Å². The molecule has 4 heteroatoms. The van der Waals surface area contributed by atoms with Crippen molar-refractivity contribution in [2.45, 2.75) is 65.0 Å². The fourth-order valence-electron chi connectivity index (χ4n) is 3.66. The van der Waals surface area contributed by atoms with Gasteiger partial charge in [0.1, 0.15) is 0 Å². The summed E-state index contributed by atoms with van der Waals surface area (Å²) in [5.74, 6) is 0.866. The maximum absolute atomic E-state index is 4.99. The Morgan fingerprint density at radius 1 is 1.35 bits per heavy atom. The summed E-state index contributed by atoms with van der Waals surface area (Å²) in [7, 11) is 0. The molecule has 0 saturated carbocycles. The van der Waals surface area contributed by atoms with Gasteiger partial charge in [0, 0.05) is 23.5 Å². The molecule has 0 amide bonds. The van der Waals surface area contributed by atoms with Gasteiger partial charge in [-0.1, -0.05) is 25.2 Å². The van der Waals surface area contributed by atoms with Crippen molar-refractivity contribution in [3.8, 4) is 0 Å². The zero-order valence-electron chi connectivity index (χ0n) is 13.0. The standard InChI is InChI=1S/C16H27N3S/c1-4-17-13-6-5-7-14-15(13)20-16(18-14)19-9-8-11(2)10-12(19)3/h11-13,17H,4-10H2,1-3H3. The maximum atomic E-state index is 4.99. The molecular formula is C16H27N3S. The molecule has 3 atom stereocenters. The topological polar surface area (TPSA) is 28.2 Å². The summed E-state index contributed by atoms with van der Waals surface area (Å²) >= 11 is 1.95. The van der Waals surface area contributed by atoms with E-state index in [1.54, 1.807) is 0 Å². The van der Waals surface area contributed by atoms with Crippen molar-refractivity contribution in [1.82, 2.24) is 10.3 Å². The summed E-state index contributed by atoms with van der Waals surface area (Å²) in [6, 6.07) is 1.19. The van der Waals surface area contributed by atoms with Gasteiger partial charge in [-0.2, -0.15) is 0 Å². The summed E-state index contributed by atoms with van der Waals surface area (Å²) in [6.45, 7) is 9.17. The van der Waals surface area contributed by atoms with Crippen LogP contribution in [0.15, 0.2) is 0 Å². The molecule has 1 fully saturated rings. The van der Waals surface area contributed by atoms with Crippen LogP contribution >= 0.6 is 11.3 Å². The third kappa shape index (κ3) is 2.73. The molecule has 1 aromatic rings. The average Bonchev–Trinajstić information content (AvgIpc) is 2.83. The molecule has 0 radical (unpaired) electrons. The minimum Gasteiger partial charge on any atom is -0.345 e. The number of hydrogen-bond donors (Lipinski definition) is 1. The summed E-state index contributed by atoms with van der Waals surface area (Å²) in [5.41, 5.74) is 1.37. The Hall–Kier alpha value is -0.610. The van der Waals surface area contributed by atoms with Crippen LogP contribution in [0.5, 0.6) is 0 Å². The molecular weight excluding hydrogens is 266 g/mol. The number of aryl methyl sites for hydroxylation is 1. The van der Waals surface area contributed by atoms with E-state index in [0.29, 0.717) is 12.1 Å². The molecule has 3 nitrogen and oxygen atoms in total. The third-order valence-corrected chi connectivity index (χ3v) is 6.02. The first-order valence-corrected chi connectivity index (χ1v) is 9.00. The van der Waals surface area contributed by atoms with Crippen LogP contribution in [0, 0.1) is 5.92 Å². The van der Waals surface area contributed by atoms with Gasteiger partial charge in [0.2, 0.25) is 0 Å². The van der Waals surface area contributed by atoms with E-state index in [-0.39, 0.29) is 0 Å². The zero-order valence-corrected chi connectivity index (χ0v) is 13.8. The van der Waals surface area contributed by atoms with Crippen LogP contribution in [-0.4, -0.2) is 24.1 Å². The highest BCUT2D eigenvalue weighted by molar-refractivity contribution is 7.15. The molecule has 2 aliphatic rings. The van der Waals surface area contributed by atoms with Crippen molar-refractivity contribution in [2.75, 3.05) is 18.0 Å². The largest absolute Gasteiger partial charge is 0.345 e. The second-order valence-corrected chi connectivity index (χ2v) is 7.49. The molecule has 1 saturated heterocycles. The van der Waals surface area contributed by atoms with Crippen LogP contribution in [0.2, 0.25) is 0 Å². The van der Waals surface area contributed by atoms with Crippen LogP contribution in [0.3, 0.4) is 0 Å². The molecule has 112 valence electrons. The molecule has 1 N–H and O–H groups in total. The number of aromatic nitrogens is 1. The number of thiazole rings is 1. The number of nitrogens with zero attached hydrogens (tertiary/aromatic N) is 2. The highest BCUT2D eigenvalue weighted by Gasteiger charge is 2.29. The molecule has 1 aliphatic carbocycles. The van der Waals surface area contributed by atoms with Crippen molar-refractivity contribution >= 4 is 16.5 Å². The van der Waals surface area contributed by atoms with Crippen LogP contribution in [0.1, 0.15) is 63.1 Å². The lowest BCUT2D eigenvalue weighted by Crippen LogP contribution is -2.40. The van der Waals surface area contributed by atoms with Gasteiger partial charge in [-0.25, -0.2) is 4.98 Å². The summed E-state index contributed by atoms with van der Waals surface area (Å²) in [6.07, 6.45) is 6.34. The second kappa shape index (κ2) is 6.02. The van der Waals surface area contributed by atoms with E-state index in [1.165, 1.54) is 54.4 Å².